The predicted molar refractivity (Wildman–Crippen MR) is 132 cm³/mol. The highest BCUT2D eigenvalue weighted by atomic mass is 32.1. The Kier molecular flexibility index (Phi) is 5.17. The smallest absolute Gasteiger partial charge is 0.0442 e. The lowest BCUT2D eigenvalue weighted by Crippen LogP contribution is -1.82. The summed E-state index contributed by atoms with van der Waals surface area (Å²) >= 11 is 5.91. The third-order valence-electron chi connectivity index (χ3n) is 5.75. The minimum Gasteiger partial charge on any atom is -0.141 e. The molecule has 0 nitrogen and oxygen atoms in total. The molecular weight excluding hydrogens is 396 g/mol. The van der Waals surface area contributed by atoms with Crippen molar-refractivity contribution >= 4 is 74.4 Å². The SMILES string of the molecule is CCCCCCCCc1cc2c(ccc3c4ccc5sc(C)cc5c4sc23)s1. The highest BCUT2D eigenvalue weighted by Crippen LogP contribution is 2.44. The zero-order valence-electron chi connectivity index (χ0n) is 16.6. The summed E-state index contributed by atoms with van der Waals surface area (Å²) in [4.78, 5) is 2.97. The predicted octanol–water partition coefficient (Wildman–Crippen LogP) is 9.70. The molecular formula is C25H26S3. The Morgan fingerprint density at radius 2 is 1.29 bits per heavy atom. The summed E-state index contributed by atoms with van der Waals surface area (Å²) in [6.07, 6.45) is 9.48. The second kappa shape index (κ2) is 7.78. The first-order valence-corrected chi connectivity index (χ1v) is 13.0. The molecule has 0 amide bonds. The van der Waals surface area contributed by atoms with Gasteiger partial charge in [-0.15, -0.1) is 34.0 Å². The van der Waals surface area contributed by atoms with E-state index in [1.807, 2.05) is 34.0 Å². The Hall–Kier alpha value is -1.42. The third-order valence-corrected chi connectivity index (χ3v) is 9.21. The third kappa shape index (κ3) is 3.28. The molecule has 0 unspecified atom stereocenters. The van der Waals surface area contributed by atoms with E-state index in [2.05, 4.69) is 50.2 Å². The van der Waals surface area contributed by atoms with Crippen molar-refractivity contribution in [3.8, 4) is 0 Å². The second-order valence-electron chi connectivity index (χ2n) is 7.90. The number of rotatable bonds is 7. The lowest BCUT2D eigenvalue weighted by atomic mass is 10.1. The van der Waals surface area contributed by atoms with Crippen LogP contribution in [0.25, 0.3) is 40.3 Å². The summed E-state index contributed by atoms with van der Waals surface area (Å²) in [7, 11) is 0. The maximum atomic E-state index is 2.49. The average molecular weight is 423 g/mol. The van der Waals surface area contributed by atoms with Crippen LogP contribution >= 0.6 is 34.0 Å². The van der Waals surface area contributed by atoms with Crippen LogP contribution in [0.3, 0.4) is 0 Å². The van der Waals surface area contributed by atoms with Gasteiger partial charge in [0, 0.05) is 50.1 Å². The van der Waals surface area contributed by atoms with Gasteiger partial charge in [0.2, 0.25) is 0 Å². The minimum atomic E-state index is 1.24. The lowest BCUT2D eigenvalue weighted by Gasteiger charge is -1.98. The summed E-state index contributed by atoms with van der Waals surface area (Å²) in [6.45, 7) is 4.51. The van der Waals surface area contributed by atoms with Gasteiger partial charge in [-0.25, -0.2) is 0 Å². The number of hydrogen-bond acceptors (Lipinski definition) is 3. The molecule has 0 bridgehead atoms. The van der Waals surface area contributed by atoms with Gasteiger partial charge in [0.25, 0.3) is 0 Å². The van der Waals surface area contributed by atoms with Crippen molar-refractivity contribution in [2.75, 3.05) is 0 Å². The molecule has 2 aromatic carbocycles. The van der Waals surface area contributed by atoms with Gasteiger partial charge in [0.05, 0.1) is 0 Å². The molecule has 3 aromatic heterocycles. The number of aryl methyl sites for hydroxylation is 2. The molecule has 144 valence electrons. The van der Waals surface area contributed by atoms with E-state index in [1.54, 1.807) is 4.88 Å². The van der Waals surface area contributed by atoms with Crippen molar-refractivity contribution in [1.29, 1.82) is 0 Å². The summed E-state index contributed by atoms with van der Waals surface area (Å²) in [5.74, 6) is 0. The summed E-state index contributed by atoms with van der Waals surface area (Å²) in [5, 5.41) is 5.78. The van der Waals surface area contributed by atoms with E-state index in [0.717, 1.165) is 0 Å². The van der Waals surface area contributed by atoms with Crippen LogP contribution in [0.1, 0.15) is 55.2 Å². The molecule has 0 atom stereocenters. The van der Waals surface area contributed by atoms with Gasteiger partial charge in [-0.05, 0) is 44.0 Å². The quantitative estimate of drug-likeness (QED) is 0.229. The van der Waals surface area contributed by atoms with Crippen molar-refractivity contribution < 1.29 is 0 Å². The first kappa shape index (κ1) is 18.6. The highest BCUT2D eigenvalue weighted by molar-refractivity contribution is 7.29. The molecule has 0 aliphatic heterocycles. The average Bonchev–Trinajstić information content (AvgIpc) is 3.37. The van der Waals surface area contributed by atoms with Gasteiger partial charge in [-0.2, -0.15) is 0 Å². The normalized spacial score (nSPS) is 12.2. The van der Waals surface area contributed by atoms with Crippen molar-refractivity contribution in [3.63, 3.8) is 0 Å². The Labute approximate surface area is 178 Å². The van der Waals surface area contributed by atoms with Gasteiger partial charge >= 0.3 is 0 Å². The molecule has 0 aliphatic rings. The first-order chi connectivity index (χ1) is 13.7. The molecule has 5 rings (SSSR count). The zero-order chi connectivity index (χ0) is 19.1. The molecule has 3 heteroatoms. The maximum Gasteiger partial charge on any atom is 0.0442 e. The Morgan fingerprint density at radius 1 is 0.643 bits per heavy atom. The maximum absolute atomic E-state index is 2.49. The van der Waals surface area contributed by atoms with Crippen molar-refractivity contribution in [2.45, 2.75) is 58.8 Å². The molecule has 28 heavy (non-hydrogen) atoms. The summed E-state index contributed by atoms with van der Waals surface area (Å²) < 4.78 is 5.82. The largest absolute Gasteiger partial charge is 0.141 e. The van der Waals surface area contributed by atoms with Gasteiger partial charge in [0.15, 0.2) is 0 Å². The molecule has 0 spiro atoms. The topological polar surface area (TPSA) is 0 Å². The van der Waals surface area contributed by atoms with E-state index >= 15 is 0 Å². The number of hydrogen-bond donors (Lipinski definition) is 0. The zero-order valence-corrected chi connectivity index (χ0v) is 19.1. The van der Waals surface area contributed by atoms with Gasteiger partial charge < -0.3 is 0 Å². The van der Waals surface area contributed by atoms with Crippen molar-refractivity contribution in [2.24, 2.45) is 0 Å². The minimum absolute atomic E-state index is 1.24. The van der Waals surface area contributed by atoms with Crippen molar-refractivity contribution in [3.05, 3.63) is 46.2 Å². The standard InChI is InChI=1S/C25H26S3/c1-3-4-5-6-7-8-9-17-15-21-23(27-17)13-11-19-18-10-12-22-20(14-16(2)26-22)24(18)28-25(19)21/h10-15H,3-9H2,1-2H3. The van der Waals surface area contributed by atoms with E-state index in [0.29, 0.717) is 0 Å². The summed E-state index contributed by atoms with van der Waals surface area (Å²) in [5.41, 5.74) is 0. The van der Waals surface area contributed by atoms with Crippen LogP contribution in [0.2, 0.25) is 0 Å². The van der Waals surface area contributed by atoms with Crippen LogP contribution in [-0.2, 0) is 6.42 Å². The fraction of sp³-hybridized carbons (Fsp3) is 0.360. The van der Waals surface area contributed by atoms with Crippen LogP contribution in [0.15, 0.2) is 36.4 Å². The van der Waals surface area contributed by atoms with Crippen LogP contribution in [0.4, 0.5) is 0 Å². The number of unbranched alkanes of at least 4 members (excludes halogenated alkanes) is 5. The highest BCUT2D eigenvalue weighted by Gasteiger charge is 2.14. The van der Waals surface area contributed by atoms with Crippen LogP contribution < -0.4 is 0 Å². The van der Waals surface area contributed by atoms with E-state index < -0.39 is 0 Å². The van der Waals surface area contributed by atoms with E-state index in [1.165, 1.54) is 90.2 Å². The fourth-order valence-corrected chi connectivity index (χ4v) is 7.81. The van der Waals surface area contributed by atoms with Crippen LogP contribution in [0, 0.1) is 6.92 Å². The van der Waals surface area contributed by atoms with Crippen LogP contribution in [-0.4, -0.2) is 0 Å². The second-order valence-corrected chi connectivity index (χ2v) is 11.4. The van der Waals surface area contributed by atoms with Gasteiger partial charge in [-0.1, -0.05) is 51.2 Å². The monoisotopic (exact) mass is 422 g/mol. The van der Waals surface area contributed by atoms with E-state index in [-0.39, 0.29) is 0 Å². The molecule has 0 aliphatic carbocycles. The van der Waals surface area contributed by atoms with E-state index in [9.17, 15) is 0 Å². The van der Waals surface area contributed by atoms with Crippen LogP contribution in [0.5, 0.6) is 0 Å². The molecule has 0 fully saturated rings. The van der Waals surface area contributed by atoms with Crippen molar-refractivity contribution in [1.82, 2.24) is 0 Å². The Morgan fingerprint density at radius 3 is 2.04 bits per heavy atom. The molecule has 0 N–H and O–H groups in total. The number of thiophene rings is 3. The molecule has 0 radical (unpaired) electrons. The fourth-order valence-electron chi connectivity index (χ4n) is 4.30. The Balaban J connectivity index is 1.50. The molecule has 5 aromatic rings. The number of benzene rings is 2. The van der Waals surface area contributed by atoms with Gasteiger partial charge in [0.1, 0.15) is 0 Å². The Bertz CT molecular complexity index is 1270. The summed E-state index contributed by atoms with van der Waals surface area (Å²) in [6, 6.07) is 14.2. The van der Waals surface area contributed by atoms with Gasteiger partial charge in [-0.3, -0.25) is 0 Å². The molecule has 0 saturated carbocycles. The number of fused-ring (bicyclic) bond motifs is 7. The molecule has 3 heterocycles. The molecule has 0 saturated heterocycles. The first-order valence-electron chi connectivity index (χ1n) is 10.5. The lowest BCUT2D eigenvalue weighted by molar-refractivity contribution is 0.609. The van der Waals surface area contributed by atoms with E-state index in [4.69, 9.17) is 0 Å².